The van der Waals surface area contributed by atoms with Crippen molar-refractivity contribution in [3.63, 3.8) is 0 Å². The van der Waals surface area contributed by atoms with Crippen LogP contribution in [0.25, 0.3) is 0 Å². The molecule has 0 saturated heterocycles. The molecule has 1 aromatic heterocycles. The molecule has 8 nitrogen and oxygen atoms in total. The number of carbonyl (C=O) groups excluding carboxylic acids is 1. The second-order valence-electron chi connectivity index (χ2n) is 4.58. The van der Waals surface area contributed by atoms with Crippen molar-refractivity contribution in [1.29, 1.82) is 0 Å². The minimum absolute atomic E-state index is 0.00125. The molecule has 0 radical (unpaired) electrons. The number of likely N-dealkylation sites (N-methyl/N-ethyl adjacent to an activating group) is 1. The largest absolute Gasteiger partial charge is 0.476 e. The fourth-order valence-corrected chi connectivity index (χ4v) is 1.48. The predicted molar refractivity (Wildman–Crippen MR) is 67.8 cm³/mol. The molecular weight excluding hydrogens is 250 g/mol. The Hall–Kier alpha value is -1.96. The average molecular weight is 269 g/mol. The minimum Gasteiger partial charge on any atom is -0.476 e. The summed E-state index contributed by atoms with van der Waals surface area (Å²) in [5, 5.41) is 15.7. The van der Waals surface area contributed by atoms with Crippen molar-refractivity contribution >= 4 is 11.9 Å². The number of aromatic carboxylic acids is 1. The first-order chi connectivity index (χ1) is 8.90. The van der Waals surface area contributed by atoms with E-state index in [9.17, 15) is 9.59 Å². The third kappa shape index (κ3) is 5.04. The fraction of sp³-hybridized carbons (Fsp3) is 0.636. The summed E-state index contributed by atoms with van der Waals surface area (Å²) < 4.78 is 1.23. The van der Waals surface area contributed by atoms with Gasteiger partial charge in [0.1, 0.15) is 6.54 Å². The Bertz CT molecular complexity index is 443. The number of carboxylic acid groups (broad SMARTS) is 1. The molecule has 0 spiro atoms. The van der Waals surface area contributed by atoms with Gasteiger partial charge in [-0.1, -0.05) is 5.21 Å². The van der Waals surface area contributed by atoms with Crippen LogP contribution in [0.4, 0.5) is 0 Å². The second-order valence-corrected chi connectivity index (χ2v) is 4.58. The number of carbonyl (C=O) groups is 2. The molecule has 0 unspecified atom stereocenters. The van der Waals surface area contributed by atoms with E-state index in [-0.39, 0.29) is 18.1 Å². The predicted octanol–water partition coefficient (Wildman–Crippen LogP) is -0.614. The summed E-state index contributed by atoms with van der Waals surface area (Å²) in [6.07, 6.45) is 2.13. The first-order valence-corrected chi connectivity index (χ1v) is 5.92. The topological polar surface area (TPSA) is 91.6 Å². The summed E-state index contributed by atoms with van der Waals surface area (Å²) in [6.45, 7) is 1.56. The second kappa shape index (κ2) is 6.83. The number of hydrogen-bond acceptors (Lipinski definition) is 5. The Labute approximate surface area is 111 Å². The van der Waals surface area contributed by atoms with Crippen LogP contribution < -0.4 is 0 Å². The monoisotopic (exact) mass is 269 g/mol. The molecule has 0 aliphatic carbocycles. The van der Waals surface area contributed by atoms with Gasteiger partial charge in [0.25, 0.3) is 0 Å². The van der Waals surface area contributed by atoms with Crippen LogP contribution in [0.5, 0.6) is 0 Å². The van der Waals surface area contributed by atoms with Crippen molar-refractivity contribution in [3.05, 3.63) is 11.9 Å². The lowest BCUT2D eigenvalue weighted by atomic mass is 10.3. The lowest BCUT2D eigenvalue weighted by molar-refractivity contribution is -0.130. The zero-order valence-electron chi connectivity index (χ0n) is 11.4. The van der Waals surface area contributed by atoms with E-state index in [0.717, 1.165) is 13.0 Å². The van der Waals surface area contributed by atoms with Crippen LogP contribution in [-0.2, 0) is 11.3 Å². The van der Waals surface area contributed by atoms with Gasteiger partial charge in [0.2, 0.25) is 5.91 Å². The van der Waals surface area contributed by atoms with Crippen LogP contribution in [0.1, 0.15) is 16.9 Å². The Balaban J connectivity index is 2.42. The van der Waals surface area contributed by atoms with Gasteiger partial charge >= 0.3 is 5.97 Å². The van der Waals surface area contributed by atoms with Gasteiger partial charge in [0.15, 0.2) is 5.69 Å². The number of rotatable bonds is 7. The van der Waals surface area contributed by atoms with Gasteiger partial charge in [0, 0.05) is 13.6 Å². The molecule has 0 aliphatic rings. The molecule has 1 rings (SSSR count). The Morgan fingerprint density at radius 2 is 2.00 bits per heavy atom. The molecule has 1 N–H and O–H groups in total. The third-order valence-electron chi connectivity index (χ3n) is 2.58. The van der Waals surface area contributed by atoms with Crippen LogP contribution >= 0.6 is 0 Å². The molecule has 0 aromatic carbocycles. The molecule has 0 fully saturated rings. The van der Waals surface area contributed by atoms with Gasteiger partial charge in [-0.05, 0) is 27.1 Å². The normalized spacial score (nSPS) is 10.7. The van der Waals surface area contributed by atoms with Crippen LogP contribution in [0.3, 0.4) is 0 Å². The smallest absolute Gasteiger partial charge is 0.358 e. The van der Waals surface area contributed by atoms with Gasteiger partial charge in [0.05, 0.1) is 6.20 Å². The molecule has 1 heterocycles. The van der Waals surface area contributed by atoms with E-state index in [1.807, 2.05) is 14.1 Å². The molecule has 8 heteroatoms. The molecule has 1 amide bonds. The lowest BCUT2D eigenvalue weighted by Gasteiger charge is -2.18. The lowest BCUT2D eigenvalue weighted by Crippen LogP contribution is -2.32. The Morgan fingerprint density at radius 1 is 1.32 bits per heavy atom. The Morgan fingerprint density at radius 3 is 2.53 bits per heavy atom. The van der Waals surface area contributed by atoms with E-state index < -0.39 is 5.97 Å². The number of amides is 1. The summed E-state index contributed by atoms with van der Waals surface area (Å²) in [4.78, 5) is 26.1. The molecule has 0 saturated carbocycles. The van der Waals surface area contributed by atoms with Crippen molar-refractivity contribution in [1.82, 2.24) is 24.8 Å². The van der Waals surface area contributed by atoms with Gasteiger partial charge < -0.3 is 14.9 Å². The summed E-state index contributed by atoms with van der Waals surface area (Å²) in [6, 6.07) is 0. The first-order valence-electron chi connectivity index (χ1n) is 5.92. The average Bonchev–Trinajstić information content (AvgIpc) is 2.76. The van der Waals surface area contributed by atoms with Gasteiger partial charge in [-0.15, -0.1) is 5.10 Å². The van der Waals surface area contributed by atoms with Gasteiger partial charge in [-0.3, -0.25) is 4.79 Å². The highest BCUT2D eigenvalue weighted by Gasteiger charge is 2.13. The maximum Gasteiger partial charge on any atom is 0.358 e. The molecule has 106 valence electrons. The van der Waals surface area contributed by atoms with E-state index >= 15 is 0 Å². The van der Waals surface area contributed by atoms with Crippen LogP contribution in [0, 0.1) is 0 Å². The highest BCUT2D eigenvalue weighted by Crippen LogP contribution is 1.96. The fourth-order valence-electron chi connectivity index (χ4n) is 1.48. The molecule has 0 aliphatic heterocycles. The molecule has 0 bridgehead atoms. The van der Waals surface area contributed by atoms with Crippen molar-refractivity contribution in [2.75, 3.05) is 34.2 Å². The Kier molecular flexibility index (Phi) is 5.43. The SMILES string of the molecule is CN(C)CCCN(C)C(=O)Cn1cc(C(=O)O)nn1. The molecule has 1 aromatic rings. The van der Waals surface area contributed by atoms with E-state index in [0.29, 0.717) is 6.54 Å². The maximum atomic E-state index is 11.8. The van der Waals surface area contributed by atoms with Crippen molar-refractivity contribution in [3.8, 4) is 0 Å². The number of carboxylic acids is 1. The van der Waals surface area contributed by atoms with E-state index in [2.05, 4.69) is 15.2 Å². The van der Waals surface area contributed by atoms with Crippen molar-refractivity contribution in [2.45, 2.75) is 13.0 Å². The highest BCUT2D eigenvalue weighted by atomic mass is 16.4. The van der Waals surface area contributed by atoms with Crippen LogP contribution in [0.15, 0.2) is 6.20 Å². The minimum atomic E-state index is -1.15. The summed E-state index contributed by atoms with van der Waals surface area (Å²) >= 11 is 0. The quantitative estimate of drug-likeness (QED) is 0.709. The number of hydrogen-bond donors (Lipinski definition) is 1. The van der Waals surface area contributed by atoms with Gasteiger partial charge in [-0.2, -0.15) is 0 Å². The number of nitrogens with zero attached hydrogens (tertiary/aromatic N) is 5. The summed E-state index contributed by atoms with van der Waals surface area (Å²) in [5.74, 6) is -1.28. The standard InChI is InChI=1S/C11H19N5O3/c1-14(2)5-4-6-15(3)10(17)8-16-7-9(11(18)19)12-13-16/h7H,4-6,8H2,1-3H3,(H,18,19). The maximum absolute atomic E-state index is 11.8. The van der Waals surface area contributed by atoms with E-state index in [1.165, 1.54) is 10.9 Å². The van der Waals surface area contributed by atoms with Crippen molar-refractivity contribution in [2.24, 2.45) is 0 Å². The highest BCUT2D eigenvalue weighted by molar-refractivity contribution is 5.84. The molecule has 19 heavy (non-hydrogen) atoms. The van der Waals surface area contributed by atoms with Crippen LogP contribution in [0.2, 0.25) is 0 Å². The molecular formula is C11H19N5O3. The zero-order valence-corrected chi connectivity index (χ0v) is 11.4. The van der Waals surface area contributed by atoms with Crippen LogP contribution in [-0.4, -0.2) is 76.0 Å². The third-order valence-corrected chi connectivity index (χ3v) is 2.58. The zero-order chi connectivity index (χ0) is 14.4. The first kappa shape index (κ1) is 15.1. The van der Waals surface area contributed by atoms with E-state index in [4.69, 9.17) is 5.11 Å². The number of aromatic nitrogens is 3. The van der Waals surface area contributed by atoms with E-state index in [1.54, 1.807) is 11.9 Å². The van der Waals surface area contributed by atoms with Crippen molar-refractivity contribution < 1.29 is 14.7 Å². The summed E-state index contributed by atoms with van der Waals surface area (Å²) in [5.41, 5.74) is -0.164. The van der Waals surface area contributed by atoms with Gasteiger partial charge in [-0.25, -0.2) is 9.48 Å². The summed E-state index contributed by atoms with van der Waals surface area (Å²) in [7, 11) is 5.67. The molecule has 0 atom stereocenters.